The van der Waals surface area contributed by atoms with Gasteiger partial charge in [0.15, 0.2) is 0 Å². The fourth-order valence-corrected chi connectivity index (χ4v) is 2.30. The van der Waals surface area contributed by atoms with E-state index in [1.54, 1.807) is 0 Å². The first-order valence-electron chi connectivity index (χ1n) is 6.44. The van der Waals surface area contributed by atoms with Crippen molar-refractivity contribution in [3.05, 3.63) is 17.0 Å². The molecule has 2 heterocycles. The zero-order valence-electron chi connectivity index (χ0n) is 11.7. The lowest BCUT2D eigenvalue weighted by Crippen LogP contribution is -2.30. The maximum absolute atomic E-state index is 5.78. The van der Waals surface area contributed by atoms with Crippen LogP contribution in [0.2, 0.25) is 0 Å². The van der Waals surface area contributed by atoms with Crippen LogP contribution < -0.4 is 10.1 Å². The van der Waals surface area contributed by atoms with Crippen LogP contribution in [0.25, 0.3) is 0 Å². The summed E-state index contributed by atoms with van der Waals surface area (Å²) < 4.78 is 5.78. The molecular formula is C13H22N4O. The van der Waals surface area contributed by atoms with Gasteiger partial charge in [-0.1, -0.05) is 0 Å². The standard InChI is InChI=1S/C13H22N4O/c1-9(8-17(3)4)18-13-15-10(2)11-5-6-14-7-12(11)16-13/h9,14H,5-8H2,1-4H3/t9-/m1/s1. The second kappa shape index (κ2) is 5.63. The predicted octanol–water partition coefficient (Wildman–Crippen LogP) is 0.760. The Morgan fingerprint density at radius 2 is 2.17 bits per heavy atom. The molecule has 0 radical (unpaired) electrons. The number of aryl methyl sites for hydroxylation is 1. The highest BCUT2D eigenvalue weighted by atomic mass is 16.5. The van der Waals surface area contributed by atoms with E-state index in [-0.39, 0.29) is 6.10 Å². The van der Waals surface area contributed by atoms with Gasteiger partial charge in [0.05, 0.1) is 5.69 Å². The summed E-state index contributed by atoms with van der Waals surface area (Å²) in [5.74, 6) is 0. The third kappa shape index (κ3) is 3.17. The van der Waals surface area contributed by atoms with Crippen LogP contribution in [0.15, 0.2) is 0 Å². The van der Waals surface area contributed by atoms with Gasteiger partial charge in [-0.25, -0.2) is 4.98 Å². The zero-order valence-corrected chi connectivity index (χ0v) is 11.7. The average Bonchev–Trinajstić information content (AvgIpc) is 2.27. The van der Waals surface area contributed by atoms with E-state index >= 15 is 0 Å². The predicted molar refractivity (Wildman–Crippen MR) is 70.8 cm³/mol. The summed E-state index contributed by atoms with van der Waals surface area (Å²) in [6, 6.07) is 0.504. The molecular weight excluding hydrogens is 228 g/mol. The molecule has 5 heteroatoms. The minimum Gasteiger partial charge on any atom is -0.459 e. The first-order chi connectivity index (χ1) is 8.56. The van der Waals surface area contributed by atoms with E-state index in [1.165, 1.54) is 5.56 Å². The molecule has 5 nitrogen and oxygen atoms in total. The molecule has 0 fully saturated rings. The van der Waals surface area contributed by atoms with Crippen LogP contribution >= 0.6 is 0 Å². The summed E-state index contributed by atoms with van der Waals surface area (Å²) in [6.07, 6.45) is 1.10. The summed E-state index contributed by atoms with van der Waals surface area (Å²) in [6.45, 7) is 6.76. The number of rotatable bonds is 4. The Morgan fingerprint density at radius 1 is 1.39 bits per heavy atom. The highest BCUT2D eigenvalue weighted by Crippen LogP contribution is 2.18. The Bertz CT molecular complexity index is 420. The van der Waals surface area contributed by atoms with Gasteiger partial charge in [-0.15, -0.1) is 0 Å². The quantitative estimate of drug-likeness (QED) is 0.855. The van der Waals surface area contributed by atoms with Gasteiger partial charge < -0.3 is 15.0 Å². The third-order valence-electron chi connectivity index (χ3n) is 3.05. The van der Waals surface area contributed by atoms with E-state index in [1.807, 2.05) is 27.9 Å². The summed E-state index contributed by atoms with van der Waals surface area (Å²) in [7, 11) is 4.06. The first kappa shape index (κ1) is 13.2. The molecule has 1 atom stereocenters. The summed E-state index contributed by atoms with van der Waals surface area (Å²) >= 11 is 0. The minimum absolute atomic E-state index is 0.0917. The molecule has 0 spiro atoms. The smallest absolute Gasteiger partial charge is 0.317 e. The average molecular weight is 250 g/mol. The molecule has 1 aromatic heterocycles. The SMILES string of the molecule is Cc1nc(O[C@H](C)CN(C)C)nc2c1CCNC2. The van der Waals surface area contributed by atoms with Crippen LogP contribution in [0.1, 0.15) is 23.9 Å². The lowest BCUT2D eigenvalue weighted by atomic mass is 10.1. The van der Waals surface area contributed by atoms with Crippen LogP contribution in [0, 0.1) is 6.92 Å². The summed E-state index contributed by atoms with van der Waals surface area (Å²) in [4.78, 5) is 11.1. The minimum atomic E-state index is 0.0917. The summed E-state index contributed by atoms with van der Waals surface area (Å²) in [5.41, 5.74) is 3.41. The molecule has 18 heavy (non-hydrogen) atoms. The molecule has 2 rings (SSSR count). The van der Waals surface area contributed by atoms with Crippen LogP contribution in [-0.4, -0.2) is 48.2 Å². The van der Waals surface area contributed by atoms with Crippen molar-refractivity contribution < 1.29 is 4.74 Å². The van der Waals surface area contributed by atoms with Crippen molar-refractivity contribution in [3.63, 3.8) is 0 Å². The van der Waals surface area contributed by atoms with Crippen molar-refractivity contribution in [2.24, 2.45) is 0 Å². The van der Waals surface area contributed by atoms with E-state index in [9.17, 15) is 0 Å². The van der Waals surface area contributed by atoms with Gasteiger partial charge >= 0.3 is 6.01 Å². The number of hydrogen-bond acceptors (Lipinski definition) is 5. The van der Waals surface area contributed by atoms with Crippen molar-refractivity contribution in [3.8, 4) is 6.01 Å². The Labute approximate surface area is 109 Å². The number of hydrogen-bond donors (Lipinski definition) is 1. The maximum atomic E-state index is 5.78. The molecule has 0 bridgehead atoms. The summed E-state index contributed by atoms with van der Waals surface area (Å²) in [5, 5.41) is 3.33. The van der Waals surface area contributed by atoms with Gasteiger partial charge in [0.2, 0.25) is 0 Å². The van der Waals surface area contributed by atoms with E-state index in [2.05, 4.69) is 20.2 Å². The first-order valence-corrected chi connectivity index (χ1v) is 6.44. The zero-order chi connectivity index (χ0) is 13.1. The van der Waals surface area contributed by atoms with Gasteiger partial charge in [-0.2, -0.15) is 4.98 Å². The lowest BCUT2D eigenvalue weighted by Gasteiger charge is -2.21. The molecule has 0 saturated carbocycles. The monoisotopic (exact) mass is 250 g/mol. The van der Waals surface area contributed by atoms with E-state index < -0.39 is 0 Å². The Balaban J connectivity index is 2.12. The number of aromatic nitrogens is 2. The Hall–Kier alpha value is -1.20. The highest BCUT2D eigenvalue weighted by molar-refractivity contribution is 5.28. The van der Waals surface area contributed by atoms with Gasteiger partial charge in [0, 0.05) is 18.8 Å². The Kier molecular flexibility index (Phi) is 4.14. The molecule has 0 aliphatic carbocycles. The normalized spacial score (nSPS) is 16.5. The molecule has 0 saturated heterocycles. The van der Waals surface area contributed by atoms with E-state index in [0.29, 0.717) is 6.01 Å². The van der Waals surface area contributed by atoms with Crippen molar-refractivity contribution in [2.45, 2.75) is 32.9 Å². The second-order valence-corrected chi connectivity index (χ2v) is 5.13. The Morgan fingerprint density at radius 3 is 2.89 bits per heavy atom. The topological polar surface area (TPSA) is 50.3 Å². The van der Waals surface area contributed by atoms with Crippen LogP contribution in [-0.2, 0) is 13.0 Å². The third-order valence-corrected chi connectivity index (χ3v) is 3.05. The number of nitrogens with one attached hydrogen (secondary N) is 1. The molecule has 0 aromatic carbocycles. The number of fused-ring (bicyclic) bond motifs is 1. The van der Waals surface area contributed by atoms with Crippen molar-refractivity contribution in [2.75, 3.05) is 27.2 Å². The van der Waals surface area contributed by atoms with Gasteiger partial charge in [-0.3, -0.25) is 0 Å². The largest absolute Gasteiger partial charge is 0.459 e. The van der Waals surface area contributed by atoms with Gasteiger partial charge in [0.25, 0.3) is 0 Å². The lowest BCUT2D eigenvalue weighted by molar-refractivity contribution is 0.162. The van der Waals surface area contributed by atoms with Gasteiger partial charge in [-0.05, 0) is 46.5 Å². The maximum Gasteiger partial charge on any atom is 0.317 e. The van der Waals surface area contributed by atoms with Crippen molar-refractivity contribution >= 4 is 0 Å². The number of nitrogens with zero attached hydrogens (tertiary/aromatic N) is 3. The van der Waals surface area contributed by atoms with Crippen LogP contribution in [0.5, 0.6) is 6.01 Å². The van der Waals surface area contributed by atoms with Crippen molar-refractivity contribution in [1.29, 1.82) is 0 Å². The molecule has 100 valence electrons. The van der Waals surface area contributed by atoms with E-state index in [4.69, 9.17) is 4.74 Å². The molecule has 1 aromatic rings. The molecule has 1 aliphatic rings. The number of likely N-dealkylation sites (N-methyl/N-ethyl adjacent to an activating group) is 1. The van der Waals surface area contributed by atoms with Crippen molar-refractivity contribution in [1.82, 2.24) is 20.2 Å². The fraction of sp³-hybridized carbons (Fsp3) is 0.692. The number of ether oxygens (including phenoxy) is 1. The highest BCUT2D eigenvalue weighted by Gasteiger charge is 2.16. The molecule has 0 amide bonds. The molecule has 0 unspecified atom stereocenters. The van der Waals surface area contributed by atoms with Crippen LogP contribution in [0.4, 0.5) is 0 Å². The molecule has 1 aliphatic heterocycles. The van der Waals surface area contributed by atoms with Gasteiger partial charge in [0.1, 0.15) is 6.10 Å². The molecule has 1 N–H and O–H groups in total. The fourth-order valence-electron chi connectivity index (χ4n) is 2.30. The van der Waals surface area contributed by atoms with E-state index in [0.717, 1.165) is 37.4 Å². The van der Waals surface area contributed by atoms with Crippen LogP contribution in [0.3, 0.4) is 0 Å². The second-order valence-electron chi connectivity index (χ2n) is 5.13.